The van der Waals surface area contributed by atoms with Crippen molar-refractivity contribution in [3.8, 4) is 17.2 Å². The summed E-state index contributed by atoms with van der Waals surface area (Å²) in [7, 11) is 0. The molecule has 0 spiro atoms. The zero-order chi connectivity index (χ0) is 26.6. The molecule has 0 unspecified atom stereocenters. The molecule has 1 N–H and O–H groups in total. The van der Waals surface area contributed by atoms with Gasteiger partial charge in [-0.3, -0.25) is 4.98 Å². The van der Waals surface area contributed by atoms with Crippen molar-refractivity contribution in [2.45, 2.75) is 32.1 Å². The number of nitrogens with one attached hydrogen (secondary N) is 1. The number of benzene rings is 2. The number of thiocarbonyl (C=S) groups is 1. The van der Waals surface area contributed by atoms with Gasteiger partial charge in [0.15, 0.2) is 16.6 Å². The summed E-state index contributed by atoms with van der Waals surface area (Å²) in [5, 5.41) is 3.93. The maximum Gasteiger partial charge on any atom is 0.416 e. The lowest BCUT2D eigenvalue weighted by Crippen LogP contribution is -2.29. The molecule has 2 aromatic heterocycles. The second kappa shape index (κ2) is 9.05. The Bertz CT molecular complexity index is 1540. The summed E-state index contributed by atoms with van der Waals surface area (Å²) in [5.74, 6) is 1.28. The molecule has 2 aromatic carbocycles. The number of fused-ring (bicyclic) bond motifs is 1. The second-order valence-electron chi connectivity index (χ2n) is 9.24. The first kappa shape index (κ1) is 24.3. The molecular formula is C28H23F3N4O2S. The van der Waals surface area contributed by atoms with E-state index in [1.807, 2.05) is 65.8 Å². The number of rotatable bonds is 4. The Hall–Kier alpha value is -4.05. The van der Waals surface area contributed by atoms with Crippen molar-refractivity contribution >= 4 is 23.0 Å². The highest BCUT2D eigenvalue weighted by Crippen LogP contribution is 2.46. The minimum absolute atomic E-state index is 0.152. The molecule has 0 amide bonds. The van der Waals surface area contributed by atoms with Crippen LogP contribution >= 0.6 is 12.2 Å². The predicted octanol–water partition coefficient (Wildman–Crippen LogP) is 6.41. The van der Waals surface area contributed by atoms with Gasteiger partial charge in [-0.2, -0.15) is 13.2 Å². The number of pyridine rings is 1. The van der Waals surface area contributed by atoms with E-state index in [9.17, 15) is 13.2 Å². The van der Waals surface area contributed by atoms with Crippen molar-refractivity contribution in [1.82, 2.24) is 14.9 Å². The molecule has 2 aliphatic rings. The molecule has 6 nitrogen and oxygen atoms in total. The molecule has 0 bridgehead atoms. The van der Waals surface area contributed by atoms with E-state index in [0.717, 1.165) is 34.4 Å². The van der Waals surface area contributed by atoms with Crippen LogP contribution in [-0.2, 0) is 6.18 Å². The molecule has 0 aliphatic carbocycles. The highest BCUT2D eigenvalue weighted by Gasteiger charge is 2.42. The third kappa shape index (κ3) is 4.05. The summed E-state index contributed by atoms with van der Waals surface area (Å²) in [6, 6.07) is 18.1. The molecule has 4 heterocycles. The van der Waals surface area contributed by atoms with Crippen LogP contribution in [0.15, 0.2) is 72.9 Å². The minimum atomic E-state index is -4.43. The van der Waals surface area contributed by atoms with Gasteiger partial charge in [0, 0.05) is 35.0 Å². The van der Waals surface area contributed by atoms with E-state index in [0.29, 0.717) is 22.3 Å². The molecule has 2 atom stereocenters. The smallest absolute Gasteiger partial charge is 0.416 e. The molecule has 194 valence electrons. The van der Waals surface area contributed by atoms with Crippen LogP contribution in [0.4, 0.5) is 18.9 Å². The number of anilines is 1. The van der Waals surface area contributed by atoms with Crippen LogP contribution in [0.1, 0.15) is 40.3 Å². The molecule has 2 aliphatic heterocycles. The fourth-order valence-corrected chi connectivity index (χ4v) is 5.64. The summed E-state index contributed by atoms with van der Waals surface area (Å²) in [4.78, 5) is 6.60. The molecule has 0 saturated carbocycles. The third-order valence-corrected chi connectivity index (χ3v) is 7.27. The highest BCUT2D eigenvalue weighted by molar-refractivity contribution is 7.80. The molecular weight excluding hydrogens is 513 g/mol. The first-order valence-electron chi connectivity index (χ1n) is 12.0. The Morgan fingerprint density at radius 3 is 2.53 bits per heavy atom. The average molecular weight is 537 g/mol. The average Bonchev–Trinajstić information content (AvgIpc) is 3.58. The van der Waals surface area contributed by atoms with E-state index in [-0.39, 0.29) is 18.9 Å². The molecule has 1 saturated heterocycles. The normalized spacial score (nSPS) is 18.7. The van der Waals surface area contributed by atoms with E-state index in [1.54, 1.807) is 12.3 Å². The number of hydrogen-bond acceptors (Lipinski definition) is 4. The lowest BCUT2D eigenvalue weighted by molar-refractivity contribution is -0.137. The van der Waals surface area contributed by atoms with Gasteiger partial charge >= 0.3 is 6.18 Å². The van der Waals surface area contributed by atoms with Gasteiger partial charge in [0.1, 0.15) is 0 Å². The second-order valence-corrected chi connectivity index (χ2v) is 9.63. The van der Waals surface area contributed by atoms with Gasteiger partial charge in [0.05, 0.1) is 23.3 Å². The first-order valence-corrected chi connectivity index (χ1v) is 12.4. The topological polar surface area (TPSA) is 51.6 Å². The standard InChI is InChI=1S/C28H23F3N4O2S/c1-16-12-21(17(2)34(16)19-7-5-6-18(13-19)28(29,30)31)26-25(22-8-3-4-11-32-22)33-27(38)35(26)20-9-10-23-24(14-20)37-15-36-23/h3-14,25-26H,15H2,1-2H3,(H,33,38)/t25-,26+/m1/s1. The van der Waals surface area contributed by atoms with Crippen molar-refractivity contribution in [2.75, 3.05) is 11.7 Å². The number of aromatic nitrogens is 2. The zero-order valence-electron chi connectivity index (χ0n) is 20.5. The lowest BCUT2D eigenvalue weighted by Gasteiger charge is -2.28. The Balaban J connectivity index is 1.50. The molecule has 4 aromatic rings. The van der Waals surface area contributed by atoms with Gasteiger partial charge < -0.3 is 24.3 Å². The van der Waals surface area contributed by atoms with Gasteiger partial charge in [-0.25, -0.2) is 0 Å². The SMILES string of the molecule is Cc1cc([C@H]2[C@@H](c3ccccn3)NC(=S)N2c2ccc3c(c2)OCO3)c(C)n1-c1cccc(C(F)(F)F)c1. The Labute approximate surface area is 222 Å². The van der Waals surface area contributed by atoms with Crippen LogP contribution in [0.25, 0.3) is 5.69 Å². The van der Waals surface area contributed by atoms with Crippen LogP contribution < -0.4 is 19.7 Å². The Morgan fingerprint density at radius 2 is 1.76 bits per heavy atom. The Morgan fingerprint density at radius 1 is 0.947 bits per heavy atom. The monoisotopic (exact) mass is 536 g/mol. The van der Waals surface area contributed by atoms with E-state index >= 15 is 0 Å². The quantitative estimate of drug-likeness (QED) is 0.304. The van der Waals surface area contributed by atoms with Gasteiger partial charge in [0.2, 0.25) is 6.79 Å². The van der Waals surface area contributed by atoms with Crippen LogP contribution in [0.2, 0.25) is 0 Å². The maximum absolute atomic E-state index is 13.5. The van der Waals surface area contributed by atoms with Crippen molar-refractivity contribution < 1.29 is 22.6 Å². The van der Waals surface area contributed by atoms with Crippen molar-refractivity contribution in [1.29, 1.82) is 0 Å². The van der Waals surface area contributed by atoms with Crippen LogP contribution in [-0.4, -0.2) is 21.5 Å². The van der Waals surface area contributed by atoms with Crippen LogP contribution in [0, 0.1) is 13.8 Å². The summed E-state index contributed by atoms with van der Waals surface area (Å²) in [6.45, 7) is 3.95. The van der Waals surface area contributed by atoms with Gasteiger partial charge in [-0.05, 0) is 80.2 Å². The number of aryl methyl sites for hydroxylation is 1. The van der Waals surface area contributed by atoms with E-state index in [4.69, 9.17) is 21.7 Å². The first-order chi connectivity index (χ1) is 18.2. The molecule has 38 heavy (non-hydrogen) atoms. The van der Waals surface area contributed by atoms with Crippen molar-refractivity contribution in [3.05, 3.63) is 101 Å². The van der Waals surface area contributed by atoms with Gasteiger partial charge in [-0.1, -0.05) is 12.1 Å². The molecule has 10 heteroatoms. The predicted molar refractivity (Wildman–Crippen MR) is 141 cm³/mol. The molecule has 1 fully saturated rings. The molecule has 0 radical (unpaired) electrons. The number of nitrogens with zero attached hydrogens (tertiary/aromatic N) is 3. The lowest BCUT2D eigenvalue weighted by atomic mass is 9.96. The number of alkyl halides is 3. The summed E-state index contributed by atoms with van der Waals surface area (Å²) in [6.07, 6.45) is -2.71. The number of ether oxygens (including phenoxy) is 2. The number of hydrogen-bond donors (Lipinski definition) is 1. The largest absolute Gasteiger partial charge is 0.454 e. The third-order valence-electron chi connectivity index (χ3n) is 6.95. The number of halogens is 3. The fraction of sp³-hybridized carbons (Fsp3) is 0.214. The van der Waals surface area contributed by atoms with Crippen LogP contribution in [0.5, 0.6) is 11.5 Å². The van der Waals surface area contributed by atoms with Crippen LogP contribution in [0.3, 0.4) is 0 Å². The van der Waals surface area contributed by atoms with Crippen molar-refractivity contribution in [2.24, 2.45) is 0 Å². The minimum Gasteiger partial charge on any atom is -0.454 e. The van der Waals surface area contributed by atoms with Gasteiger partial charge in [-0.15, -0.1) is 0 Å². The van der Waals surface area contributed by atoms with Gasteiger partial charge in [0.25, 0.3) is 0 Å². The summed E-state index contributed by atoms with van der Waals surface area (Å²) >= 11 is 5.82. The van der Waals surface area contributed by atoms with E-state index in [2.05, 4.69) is 10.3 Å². The summed E-state index contributed by atoms with van der Waals surface area (Å²) in [5.41, 5.74) is 3.89. The van der Waals surface area contributed by atoms with E-state index < -0.39 is 11.7 Å². The maximum atomic E-state index is 13.5. The Kier molecular flexibility index (Phi) is 5.79. The zero-order valence-corrected chi connectivity index (χ0v) is 21.3. The fourth-order valence-electron chi connectivity index (χ4n) is 5.29. The van der Waals surface area contributed by atoms with Crippen molar-refractivity contribution in [3.63, 3.8) is 0 Å². The van der Waals surface area contributed by atoms with E-state index in [1.165, 1.54) is 12.1 Å². The summed E-state index contributed by atoms with van der Waals surface area (Å²) < 4.78 is 53.4. The molecule has 6 rings (SSSR count). The highest BCUT2D eigenvalue weighted by atomic mass is 32.1.